The van der Waals surface area contributed by atoms with E-state index in [9.17, 15) is 9.59 Å². The molecule has 1 fully saturated rings. The number of carbonyl (C=O) groups is 2. The van der Waals surface area contributed by atoms with Crippen molar-refractivity contribution in [2.24, 2.45) is 5.92 Å². The molecule has 26 heavy (non-hydrogen) atoms. The van der Waals surface area contributed by atoms with Gasteiger partial charge in [-0.2, -0.15) is 0 Å². The number of ether oxygens (including phenoxy) is 1. The van der Waals surface area contributed by atoms with E-state index >= 15 is 0 Å². The van der Waals surface area contributed by atoms with Crippen LogP contribution in [-0.4, -0.2) is 36.5 Å². The van der Waals surface area contributed by atoms with Crippen LogP contribution in [0.15, 0.2) is 24.3 Å². The summed E-state index contributed by atoms with van der Waals surface area (Å²) in [5.74, 6) is -0.332. The minimum absolute atomic E-state index is 0.180. The van der Waals surface area contributed by atoms with Gasteiger partial charge in [0.1, 0.15) is 0 Å². The molecule has 4 heteroatoms. The molecule has 0 radical (unpaired) electrons. The molecule has 1 unspecified atom stereocenters. The molecule has 1 aliphatic carbocycles. The number of hydrogen-bond donors (Lipinski definition) is 0. The molecular weight excluding hydrogens is 326 g/mol. The summed E-state index contributed by atoms with van der Waals surface area (Å²) in [4.78, 5) is 26.7. The predicted octanol–water partition coefficient (Wildman–Crippen LogP) is 4.29. The first-order valence-corrected chi connectivity index (χ1v) is 9.94. The van der Waals surface area contributed by atoms with Gasteiger partial charge in [-0.05, 0) is 38.2 Å². The van der Waals surface area contributed by atoms with Gasteiger partial charge in [-0.15, -0.1) is 0 Å². The minimum Gasteiger partial charge on any atom is -0.469 e. The van der Waals surface area contributed by atoms with Gasteiger partial charge in [-0.3, -0.25) is 9.59 Å². The highest BCUT2D eigenvalue weighted by atomic mass is 16.5. The lowest BCUT2D eigenvalue weighted by atomic mass is 9.93. The maximum Gasteiger partial charge on any atom is 0.310 e. The first-order valence-electron chi connectivity index (χ1n) is 9.94. The average molecular weight is 360 g/mol. The van der Waals surface area contributed by atoms with Gasteiger partial charge in [-0.1, -0.05) is 56.0 Å². The van der Waals surface area contributed by atoms with Gasteiger partial charge in [0.2, 0.25) is 5.91 Å². The van der Waals surface area contributed by atoms with Crippen LogP contribution in [0.5, 0.6) is 0 Å². The summed E-state index contributed by atoms with van der Waals surface area (Å²) in [7, 11) is 1.41. The van der Waals surface area contributed by atoms with Gasteiger partial charge in [0.15, 0.2) is 0 Å². The van der Waals surface area contributed by atoms with Crippen LogP contribution in [0.3, 0.4) is 0 Å². The number of methoxy groups -OCH3 is 1. The van der Waals surface area contributed by atoms with E-state index in [1.165, 1.54) is 37.5 Å². The third-order valence-electron chi connectivity index (χ3n) is 5.39. The lowest BCUT2D eigenvalue weighted by Gasteiger charge is -2.35. The molecule has 1 amide bonds. The average Bonchev–Trinajstić information content (AvgIpc) is 2.67. The molecule has 4 nitrogen and oxygen atoms in total. The van der Waals surface area contributed by atoms with Gasteiger partial charge in [0.05, 0.1) is 13.0 Å². The molecule has 0 saturated heterocycles. The number of hydrogen-bond acceptors (Lipinski definition) is 3. The molecule has 2 rings (SSSR count). The predicted molar refractivity (Wildman–Crippen MR) is 104 cm³/mol. The highest BCUT2D eigenvalue weighted by Crippen LogP contribution is 2.24. The normalized spacial score (nSPS) is 16.1. The topological polar surface area (TPSA) is 46.6 Å². The minimum atomic E-state index is -0.275. The second-order valence-corrected chi connectivity index (χ2v) is 7.60. The lowest BCUT2D eigenvalue weighted by molar-refractivity contribution is -0.147. The highest BCUT2D eigenvalue weighted by molar-refractivity contribution is 5.78. The molecule has 1 atom stereocenters. The molecule has 0 aromatic heterocycles. The van der Waals surface area contributed by atoms with Crippen molar-refractivity contribution < 1.29 is 14.3 Å². The Hall–Kier alpha value is -1.84. The molecule has 1 saturated carbocycles. The zero-order valence-corrected chi connectivity index (χ0v) is 16.5. The maximum absolute atomic E-state index is 12.9. The first kappa shape index (κ1) is 20.5. The van der Waals surface area contributed by atoms with Crippen LogP contribution < -0.4 is 0 Å². The lowest BCUT2D eigenvalue weighted by Crippen LogP contribution is -2.45. The SMILES string of the molecule is COC(=O)C(C)CN(C(=O)CCCc1ccc(C)cc1)C1CCCCC1. The Morgan fingerprint density at radius 3 is 2.42 bits per heavy atom. The Labute approximate surface area is 157 Å². The Kier molecular flexibility index (Phi) is 8.14. The Bertz CT molecular complexity index is 576. The molecular formula is C22H33NO3. The number of nitrogens with zero attached hydrogens (tertiary/aromatic N) is 1. The van der Waals surface area contributed by atoms with E-state index in [2.05, 4.69) is 31.2 Å². The van der Waals surface area contributed by atoms with Crippen molar-refractivity contribution in [1.29, 1.82) is 0 Å². The number of amides is 1. The molecule has 1 aliphatic rings. The monoisotopic (exact) mass is 359 g/mol. The van der Waals surface area contributed by atoms with Gasteiger partial charge < -0.3 is 9.64 Å². The van der Waals surface area contributed by atoms with Crippen LogP contribution in [0.1, 0.15) is 63.0 Å². The number of aryl methyl sites for hydroxylation is 2. The molecule has 0 spiro atoms. The van der Waals surface area contributed by atoms with Crippen LogP contribution in [-0.2, 0) is 20.7 Å². The van der Waals surface area contributed by atoms with Crippen LogP contribution in [0.25, 0.3) is 0 Å². The van der Waals surface area contributed by atoms with Crippen molar-refractivity contribution in [1.82, 2.24) is 4.90 Å². The van der Waals surface area contributed by atoms with E-state index < -0.39 is 0 Å². The molecule has 1 aromatic rings. The van der Waals surface area contributed by atoms with E-state index in [1.807, 2.05) is 11.8 Å². The quantitative estimate of drug-likeness (QED) is 0.651. The summed E-state index contributed by atoms with van der Waals surface area (Å²) < 4.78 is 4.85. The van der Waals surface area contributed by atoms with Crippen molar-refractivity contribution in [3.8, 4) is 0 Å². The third-order valence-corrected chi connectivity index (χ3v) is 5.39. The Balaban J connectivity index is 1.92. The molecule has 1 aromatic carbocycles. The zero-order chi connectivity index (χ0) is 18.9. The molecule has 0 aliphatic heterocycles. The van der Waals surface area contributed by atoms with Gasteiger partial charge in [0.25, 0.3) is 0 Å². The summed E-state index contributed by atoms with van der Waals surface area (Å²) in [5, 5.41) is 0. The fourth-order valence-corrected chi connectivity index (χ4v) is 3.76. The van der Waals surface area contributed by atoms with Crippen molar-refractivity contribution in [3.05, 3.63) is 35.4 Å². The van der Waals surface area contributed by atoms with Crippen LogP contribution in [0.4, 0.5) is 0 Å². The molecule has 0 heterocycles. The molecule has 0 bridgehead atoms. The fraction of sp³-hybridized carbons (Fsp3) is 0.636. The summed E-state index contributed by atoms with van der Waals surface area (Å²) in [6.07, 6.45) is 8.00. The summed E-state index contributed by atoms with van der Waals surface area (Å²) in [5.41, 5.74) is 2.53. The van der Waals surface area contributed by atoms with Crippen molar-refractivity contribution in [3.63, 3.8) is 0 Å². The summed E-state index contributed by atoms with van der Waals surface area (Å²) in [6.45, 7) is 4.40. The van der Waals surface area contributed by atoms with E-state index in [-0.39, 0.29) is 23.8 Å². The van der Waals surface area contributed by atoms with E-state index in [0.717, 1.165) is 25.7 Å². The van der Waals surface area contributed by atoms with Crippen molar-refractivity contribution >= 4 is 11.9 Å². The third kappa shape index (κ3) is 6.15. The number of esters is 1. The number of carbonyl (C=O) groups excluding carboxylic acids is 2. The van der Waals surface area contributed by atoms with Gasteiger partial charge >= 0.3 is 5.97 Å². The van der Waals surface area contributed by atoms with Crippen LogP contribution in [0, 0.1) is 12.8 Å². The van der Waals surface area contributed by atoms with Crippen molar-refractivity contribution in [2.45, 2.75) is 71.3 Å². The second kappa shape index (κ2) is 10.3. The fourth-order valence-electron chi connectivity index (χ4n) is 3.76. The van der Waals surface area contributed by atoms with Gasteiger partial charge in [0, 0.05) is 19.0 Å². The van der Waals surface area contributed by atoms with E-state index in [4.69, 9.17) is 4.74 Å². The van der Waals surface area contributed by atoms with E-state index in [0.29, 0.717) is 13.0 Å². The van der Waals surface area contributed by atoms with Crippen LogP contribution >= 0.6 is 0 Å². The highest BCUT2D eigenvalue weighted by Gasteiger charge is 2.28. The summed E-state index contributed by atoms with van der Waals surface area (Å²) >= 11 is 0. The maximum atomic E-state index is 12.9. The van der Waals surface area contributed by atoms with Gasteiger partial charge in [-0.25, -0.2) is 0 Å². The molecule has 0 N–H and O–H groups in total. The second-order valence-electron chi connectivity index (χ2n) is 7.60. The van der Waals surface area contributed by atoms with E-state index in [1.54, 1.807) is 0 Å². The largest absolute Gasteiger partial charge is 0.469 e. The molecule has 144 valence electrons. The standard InChI is InChI=1S/C22H33NO3/c1-17-12-14-19(15-13-17)8-7-11-21(24)23(16-18(2)22(25)26-3)20-9-5-4-6-10-20/h12-15,18,20H,4-11,16H2,1-3H3. The number of benzene rings is 1. The first-order chi connectivity index (χ1) is 12.5. The Morgan fingerprint density at radius 2 is 1.81 bits per heavy atom. The van der Waals surface area contributed by atoms with Crippen LogP contribution in [0.2, 0.25) is 0 Å². The van der Waals surface area contributed by atoms with Crippen molar-refractivity contribution in [2.75, 3.05) is 13.7 Å². The Morgan fingerprint density at radius 1 is 1.15 bits per heavy atom. The summed E-state index contributed by atoms with van der Waals surface area (Å²) in [6, 6.07) is 8.78. The number of rotatable bonds is 8. The smallest absolute Gasteiger partial charge is 0.310 e. The zero-order valence-electron chi connectivity index (χ0n) is 16.5.